The van der Waals surface area contributed by atoms with Crippen molar-refractivity contribution >= 4 is 11.7 Å². The molecule has 0 spiro atoms. The number of amides is 1. The molecule has 1 saturated heterocycles. The van der Waals surface area contributed by atoms with E-state index >= 15 is 0 Å². The van der Waals surface area contributed by atoms with Crippen molar-refractivity contribution < 1.29 is 9.90 Å². The van der Waals surface area contributed by atoms with Gasteiger partial charge in [0.2, 0.25) is 0 Å². The van der Waals surface area contributed by atoms with Gasteiger partial charge in [-0.25, -0.2) is 0 Å². The maximum absolute atomic E-state index is 10.8. The zero-order chi connectivity index (χ0) is 12.6. The third kappa shape index (κ3) is 2.08. The van der Waals surface area contributed by atoms with Crippen LogP contribution in [0.3, 0.4) is 0 Å². The third-order valence-corrected chi connectivity index (χ3v) is 3.23. The number of nitrogens with two attached hydrogens (primary N) is 1. The lowest BCUT2D eigenvalue weighted by molar-refractivity contribution is -0.0305. The molecule has 1 aromatic heterocycles. The van der Waals surface area contributed by atoms with Gasteiger partial charge in [0.25, 0.3) is 5.91 Å². The van der Waals surface area contributed by atoms with E-state index in [1.807, 2.05) is 18.7 Å². The Balaban J connectivity index is 2.04. The summed E-state index contributed by atoms with van der Waals surface area (Å²) in [5.41, 5.74) is 4.57. The van der Waals surface area contributed by atoms with Gasteiger partial charge in [-0.1, -0.05) is 13.8 Å². The summed E-state index contributed by atoms with van der Waals surface area (Å²) in [6.07, 6.45) is 0. The number of hydrogen-bond donors (Lipinski definition) is 2. The molecule has 17 heavy (non-hydrogen) atoms. The van der Waals surface area contributed by atoms with Crippen LogP contribution in [-0.2, 0) is 0 Å². The summed E-state index contributed by atoms with van der Waals surface area (Å²) >= 11 is 0. The highest BCUT2D eigenvalue weighted by Crippen LogP contribution is 2.31. The Bertz CT molecular complexity index is 424. The summed E-state index contributed by atoms with van der Waals surface area (Å²) in [6, 6.07) is 3.23. The minimum atomic E-state index is -0.649. The summed E-state index contributed by atoms with van der Waals surface area (Å²) in [5.74, 6) is 0.267. The first-order valence-electron chi connectivity index (χ1n) is 5.53. The number of primary amides is 1. The maximum atomic E-state index is 10.8. The van der Waals surface area contributed by atoms with Gasteiger partial charge >= 0.3 is 0 Å². The summed E-state index contributed by atoms with van der Waals surface area (Å²) in [7, 11) is 0. The Kier molecular flexibility index (Phi) is 2.74. The monoisotopic (exact) mass is 236 g/mol. The number of aliphatic hydroxyl groups is 1. The SMILES string of the molecule is CC(C)C1(O)CN(c2ccc(C(N)=O)nn2)C1. The summed E-state index contributed by atoms with van der Waals surface area (Å²) in [6.45, 7) is 5.04. The van der Waals surface area contributed by atoms with Crippen LogP contribution in [0.15, 0.2) is 12.1 Å². The molecule has 1 aliphatic heterocycles. The van der Waals surface area contributed by atoms with Crippen LogP contribution in [0.1, 0.15) is 24.3 Å². The second-order valence-electron chi connectivity index (χ2n) is 4.76. The van der Waals surface area contributed by atoms with Gasteiger partial charge in [0.05, 0.1) is 13.1 Å². The number of nitrogens with zero attached hydrogens (tertiary/aromatic N) is 3. The molecule has 1 amide bonds. The molecule has 2 heterocycles. The predicted octanol–water partition coefficient (Wildman–Crippen LogP) is -0.217. The van der Waals surface area contributed by atoms with Gasteiger partial charge in [-0.05, 0) is 18.1 Å². The normalized spacial score (nSPS) is 18.0. The second kappa shape index (κ2) is 3.96. The smallest absolute Gasteiger partial charge is 0.269 e. The van der Waals surface area contributed by atoms with Gasteiger partial charge in [-0.2, -0.15) is 0 Å². The number of β-amino-alcohol motifs (C(OH)–C–C–N with tert-alkyl or cyclic N) is 1. The molecular formula is C11H16N4O2. The molecule has 0 aliphatic carbocycles. The minimum Gasteiger partial charge on any atom is -0.386 e. The summed E-state index contributed by atoms with van der Waals surface area (Å²) < 4.78 is 0. The fourth-order valence-corrected chi connectivity index (χ4v) is 1.77. The first-order chi connectivity index (χ1) is 7.92. The fraction of sp³-hybridized carbons (Fsp3) is 0.545. The highest BCUT2D eigenvalue weighted by atomic mass is 16.3. The molecule has 92 valence electrons. The summed E-state index contributed by atoms with van der Waals surface area (Å²) in [4.78, 5) is 12.7. The largest absolute Gasteiger partial charge is 0.386 e. The van der Waals surface area contributed by atoms with Crippen LogP contribution >= 0.6 is 0 Å². The van der Waals surface area contributed by atoms with Crippen LogP contribution in [0.25, 0.3) is 0 Å². The number of carbonyl (C=O) groups is 1. The van der Waals surface area contributed by atoms with Gasteiger partial charge < -0.3 is 15.7 Å². The van der Waals surface area contributed by atoms with E-state index in [0.29, 0.717) is 18.9 Å². The lowest BCUT2D eigenvalue weighted by atomic mass is 9.83. The second-order valence-corrected chi connectivity index (χ2v) is 4.76. The highest BCUT2D eigenvalue weighted by molar-refractivity contribution is 5.90. The van der Waals surface area contributed by atoms with E-state index in [0.717, 1.165) is 0 Å². The number of hydrogen-bond acceptors (Lipinski definition) is 5. The molecule has 6 heteroatoms. The van der Waals surface area contributed by atoms with E-state index < -0.39 is 11.5 Å². The van der Waals surface area contributed by atoms with Crippen LogP contribution in [0.5, 0.6) is 0 Å². The third-order valence-electron chi connectivity index (χ3n) is 3.23. The van der Waals surface area contributed by atoms with Crippen molar-refractivity contribution in [3.8, 4) is 0 Å². The number of anilines is 1. The lowest BCUT2D eigenvalue weighted by Crippen LogP contribution is -2.65. The molecule has 1 aliphatic rings. The van der Waals surface area contributed by atoms with Gasteiger partial charge in [-0.3, -0.25) is 4.79 Å². The molecule has 3 N–H and O–H groups in total. The van der Waals surface area contributed by atoms with Gasteiger partial charge in [-0.15, -0.1) is 10.2 Å². The van der Waals surface area contributed by atoms with E-state index in [1.54, 1.807) is 6.07 Å². The van der Waals surface area contributed by atoms with Crippen LogP contribution in [0, 0.1) is 5.92 Å². The van der Waals surface area contributed by atoms with Crippen molar-refractivity contribution in [1.82, 2.24) is 10.2 Å². The van der Waals surface area contributed by atoms with Gasteiger partial charge in [0.15, 0.2) is 11.5 Å². The first kappa shape index (κ1) is 11.8. The Labute approximate surface area is 99.4 Å². The Hall–Kier alpha value is -1.69. The molecular weight excluding hydrogens is 220 g/mol. The van der Waals surface area contributed by atoms with Crippen LogP contribution in [0.4, 0.5) is 5.82 Å². The highest BCUT2D eigenvalue weighted by Gasteiger charge is 2.44. The Morgan fingerprint density at radius 2 is 2.12 bits per heavy atom. The Morgan fingerprint density at radius 3 is 2.53 bits per heavy atom. The molecule has 6 nitrogen and oxygen atoms in total. The standard InChI is InChI=1S/C11H16N4O2/c1-7(2)11(17)5-15(6-11)9-4-3-8(10(12)16)13-14-9/h3-4,7,17H,5-6H2,1-2H3,(H2,12,16). The van der Waals surface area contributed by atoms with E-state index in [-0.39, 0.29) is 11.6 Å². The van der Waals surface area contributed by atoms with Crippen molar-refractivity contribution in [2.75, 3.05) is 18.0 Å². The molecule has 0 atom stereocenters. The maximum Gasteiger partial charge on any atom is 0.269 e. The number of aromatic nitrogens is 2. The molecule has 0 bridgehead atoms. The molecule has 1 aromatic rings. The molecule has 0 radical (unpaired) electrons. The molecule has 1 fully saturated rings. The molecule has 2 rings (SSSR count). The zero-order valence-electron chi connectivity index (χ0n) is 9.92. The molecule has 0 aromatic carbocycles. The van der Waals surface area contributed by atoms with Gasteiger partial charge in [0, 0.05) is 0 Å². The van der Waals surface area contributed by atoms with E-state index in [9.17, 15) is 9.90 Å². The Morgan fingerprint density at radius 1 is 1.47 bits per heavy atom. The van der Waals surface area contributed by atoms with Crippen molar-refractivity contribution in [1.29, 1.82) is 0 Å². The van der Waals surface area contributed by atoms with E-state index in [1.165, 1.54) is 6.07 Å². The quantitative estimate of drug-likeness (QED) is 0.757. The number of carbonyl (C=O) groups excluding carboxylic acids is 1. The van der Waals surface area contributed by atoms with Crippen LogP contribution < -0.4 is 10.6 Å². The average Bonchev–Trinajstić information content (AvgIpc) is 2.24. The van der Waals surface area contributed by atoms with Gasteiger partial charge in [0.1, 0.15) is 5.60 Å². The molecule has 0 unspecified atom stereocenters. The summed E-state index contributed by atoms with van der Waals surface area (Å²) in [5, 5.41) is 17.7. The lowest BCUT2D eigenvalue weighted by Gasteiger charge is -2.49. The van der Waals surface area contributed by atoms with Crippen molar-refractivity contribution in [2.45, 2.75) is 19.4 Å². The molecule has 0 saturated carbocycles. The van der Waals surface area contributed by atoms with Crippen molar-refractivity contribution in [2.24, 2.45) is 11.7 Å². The first-order valence-corrected chi connectivity index (χ1v) is 5.53. The van der Waals surface area contributed by atoms with E-state index in [2.05, 4.69) is 10.2 Å². The van der Waals surface area contributed by atoms with Crippen LogP contribution in [0.2, 0.25) is 0 Å². The topological polar surface area (TPSA) is 92.3 Å². The average molecular weight is 236 g/mol. The van der Waals surface area contributed by atoms with E-state index in [4.69, 9.17) is 5.73 Å². The predicted molar refractivity (Wildman–Crippen MR) is 62.6 cm³/mol. The number of rotatable bonds is 3. The van der Waals surface area contributed by atoms with Crippen molar-refractivity contribution in [3.63, 3.8) is 0 Å². The minimum absolute atomic E-state index is 0.147. The van der Waals surface area contributed by atoms with Crippen molar-refractivity contribution in [3.05, 3.63) is 17.8 Å². The van der Waals surface area contributed by atoms with Crippen LogP contribution in [-0.4, -0.2) is 39.9 Å². The zero-order valence-corrected chi connectivity index (χ0v) is 9.92. The fourth-order valence-electron chi connectivity index (χ4n) is 1.77.